The fourth-order valence-corrected chi connectivity index (χ4v) is 6.41. The van der Waals surface area contributed by atoms with Crippen LogP contribution in [0, 0.1) is 5.92 Å². The van der Waals surface area contributed by atoms with Crippen molar-refractivity contribution in [2.45, 2.75) is 57.5 Å². The highest BCUT2D eigenvalue weighted by atomic mass is 35.5. The molecular formula is C31H35ClN8O7. The molecule has 6 rings (SSSR count). The SMILES string of the molecule is CCCCc1nc(Cl)c(C(=O)NCC(=O)CC2CO[C@H]3[C@@H]2OC[C@H]3ON(O)O)n1Cc1ccc(-c2ccccc2-c2nnn[nH]2)cc1. The number of tetrazole rings is 1. The van der Waals surface area contributed by atoms with Crippen molar-refractivity contribution in [3.63, 3.8) is 0 Å². The fourth-order valence-electron chi connectivity index (χ4n) is 6.12. The molecule has 4 aromatic rings. The predicted octanol–water partition coefficient (Wildman–Crippen LogP) is 3.26. The van der Waals surface area contributed by atoms with Gasteiger partial charge in [0.2, 0.25) is 0 Å². The van der Waals surface area contributed by atoms with E-state index in [1.807, 2.05) is 53.1 Å². The average Bonchev–Trinajstić information content (AvgIpc) is 3.87. The van der Waals surface area contributed by atoms with Gasteiger partial charge >= 0.3 is 0 Å². The van der Waals surface area contributed by atoms with Crippen LogP contribution in [0.2, 0.25) is 5.15 Å². The number of carbonyl (C=O) groups is 2. The van der Waals surface area contributed by atoms with Crippen molar-refractivity contribution in [1.82, 2.24) is 40.9 Å². The number of imidazole rings is 1. The lowest BCUT2D eigenvalue weighted by molar-refractivity contribution is -0.507. The first-order valence-electron chi connectivity index (χ1n) is 15.4. The van der Waals surface area contributed by atoms with Gasteiger partial charge in [0, 0.05) is 30.9 Å². The van der Waals surface area contributed by atoms with E-state index >= 15 is 0 Å². The van der Waals surface area contributed by atoms with Gasteiger partial charge < -0.3 is 19.4 Å². The smallest absolute Gasteiger partial charge is 0.271 e. The highest BCUT2D eigenvalue weighted by molar-refractivity contribution is 6.32. The standard InChI is InChI=1S/C31H35ClN8O7/c1-2-3-8-25-34-29(32)26(31(42)33-14-21(41)13-20-16-45-28-24(47-40(43)44)17-46-27(20)28)39(25)15-18-9-11-19(12-10-18)22-6-4-5-7-23(22)30-35-37-38-36-30/h4-7,9-12,20,24,27-28,43-44H,2-3,8,13-17H2,1H3,(H,33,42)(H,35,36,37,38)/t20?,24-,27-,28-/m1/s1. The molecule has 2 aromatic heterocycles. The quantitative estimate of drug-likeness (QED) is 0.144. The van der Waals surface area contributed by atoms with Crippen molar-refractivity contribution >= 4 is 23.3 Å². The number of nitrogens with zero attached hydrogens (tertiary/aromatic N) is 6. The molecular weight excluding hydrogens is 632 g/mol. The molecule has 16 heteroatoms. The fraction of sp³-hybridized carbons (Fsp3) is 0.419. The van der Waals surface area contributed by atoms with Crippen molar-refractivity contribution in [3.05, 3.63) is 70.8 Å². The highest BCUT2D eigenvalue weighted by Crippen LogP contribution is 2.35. The number of nitrogens with one attached hydrogen (secondary N) is 2. The van der Waals surface area contributed by atoms with E-state index in [0.717, 1.165) is 35.1 Å². The van der Waals surface area contributed by atoms with Crippen LogP contribution in [0.3, 0.4) is 0 Å². The number of rotatable bonds is 14. The Morgan fingerprint density at radius 3 is 2.60 bits per heavy atom. The number of halogens is 1. The first-order chi connectivity index (χ1) is 22.8. The van der Waals surface area contributed by atoms with Crippen LogP contribution in [0.25, 0.3) is 22.5 Å². The van der Waals surface area contributed by atoms with Crippen molar-refractivity contribution in [1.29, 1.82) is 0 Å². The highest BCUT2D eigenvalue weighted by Gasteiger charge is 2.49. The van der Waals surface area contributed by atoms with Crippen LogP contribution in [0.4, 0.5) is 0 Å². The first kappa shape index (κ1) is 32.8. The second kappa shape index (κ2) is 14.8. The molecule has 0 spiro atoms. The van der Waals surface area contributed by atoms with Gasteiger partial charge in [-0.25, -0.2) is 14.9 Å². The van der Waals surface area contributed by atoms with Crippen molar-refractivity contribution < 1.29 is 34.3 Å². The summed E-state index contributed by atoms with van der Waals surface area (Å²) in [6.45, 7) is 2.55. The van der Waals surface area contributed by atoms with Gasteiger partial charge in [-0.2, -0.15) is 0 Å². The predicted molar refractivity (Wildman–Crippen MR) is 165 cm³/mol. The number of aryl methyl sites for hydroxylation is 1. The third-order valence-corrected chi connectivity index (χ3v) is 8.65. The minimum Gasteiger partial charge on any atom is -0.372 e. The number of fused-ring (bicyclic) bond motifs is 1. The summed E-state index contributed by atoms with van der Waals surface area (Å²) in [6.07, 6.45) is 0.877. The summed E-state index contributed by atoms with van der Waals surface area (Å²) < 4.78 is 13.2. The van der Waals surface area contributed by atoms with Crippen LogP contribution in [0.1, 0.15) is 48.1 Å². The number of Topliss-reactive ketones (excluding diaryl/α,β-unsaturated/α-hetero) is 1. The lowest BCUT2D eigenvalue weighted by Gasteiger charge is -2.17. The maximum atomic E-state index is 13.5. The molecule has 47 heavy (non-hydrogen) atoms. The number of unbranched alkanes of at least 4 members (excludes halogenated alkanes) is 1. The van der Waals surface area contributed by atoms with Crippen molar-refractivity contribution in [3.8, 4) is 22.5 Å². The van der Waals surface area contributed by atoms with E-state index in [2.05, 4.69) is 37.8 Å². The zero-order chi connectivity index (χ0) is 32.9. The number of aromatic nitrogens is 6. The van der Waals surface area contributed by atoms with E-state index in [0.29, 0.717) is 24.6 Å². The topological polar surface area (TPSA) is 190 Å². The number of H-pyrrole nitrogens is 1. The Hall–Kier alpha value is -4.09. The minimum absolute atomic E-state index is 0.0755. The van der Waals surface area contributed by atoms with Crippen LogP contribution in [-0.2, 0) is 32.1 Å². The molecule has 0 bridgehead atoms. The number of hydrogen-bond acceptors (Lipinski definition) is 12. The van der Waals surface area contributed by atoms with E-state index in [4.69, 9.17) is 36.3 Å². The molecule has 0 saturated carbocycles. The summed E-state index contributed by atoms with van der Waals surface area (Å²) >= 11 is 6.54. The average molecular weight is 667 g/mol. The van der Waals surface area contributed by atoms with Crippen molar-refractivity contribution in [2.24, 2.45) is 5.92 Å². The van der Waals surface area contributed by atoms with Crippen molar-refractivity contribution in [2.75, 3.05) is 19.8 Å². The lowest BCUT2D eigenvalue weighted by atomic mass is 9.95. The van der Waals surface area contributed by atoms with Crippen LogP contribution in [-0.4, -0.2) is 95.7 Å². The zero-order valence-electron chi connectivity index (χ0n) is 25.6. The summed E-state index contributed by atoms with van der Waals surface area (Å²) in [5.41, 5.74) is 3.94. The molecule has 4 atom stereocenters. The molecule has 2 aliphatic heterocycles. The summed E-state index contributed by atoms with van der Waals surface area (Å²) in [5.74, 6) is 0.287. The van der Waals surface area contributed by atoms with E-state index in [-0.39, 0.29) is 54.1 Å². The maximum Gasteiger partial charge on any atom is 0.271 e. The molecule has 2 aliphatic rings. The van der Waals surface area contributed by atoms with E-state index in [9.17, 15) is 9.59 Å². The number of amides is 1. The number of hydrogen-bond donors (Lipinski definition) is 4. The maximum absolute atomic E-state index is 13.5. The van der Waals surface area contributed by atoms with E-state index in [1.54, 1.807) is 0 Å². The van der Waals surface area contributed by atoms with Crippen LogP contribution in [0.5, 0.6) is 0 Å². The number of ether oxygens (including phenoxy) is 2. The number of ketones is 1. The molecule has 2 saturated heterocycles. The molecule has 1 unspecified atom stereocenters. The minimum atomic E-state index is -0.706. The Morgan fingerprint density at radius 1 is 1.11 bits per heavy atom. The number of benzene rings is 2. The molecule has 0 aliphatic carbocycles. The van der Waals surface area contributed by atoms with Gasteiger partial charge in [0.1, 0.15) is 23.7 Å². The third kappa shape index (κ3) is 7.41. The number of aromatic amines is 1. The molecule has 248 valence electrons. The summed E-state index contributed by atoms with van der Waals surface area (Å²) in [6, 6.07) is 15.8. The number of carbonyl (C=O) groups excluding carboxylic acids is 2. The van der Waals surface area contributed by atoms with Gasteiger partial charge in [-0.1, -0.05) is 73.5 Å². The van der Waals surface area contributed by atoms with Gasteiger partial charge in [0.25, 0.3) is 5.91 Å². The Bertz CT molecular complexity index is 1680. The van der Waals surface area contributed by atoms with Crippen LogP contribution >= 0.6 is 11.6 Å². The molecule has 1 amide bonds. The van der Waals surface area contributed by atoms with E-state index in [1.165, 1.54) is 0 Å². The van der Waals surface area contributed by atoms with Gasteiger partial charge in [-0.05, 0) is 33.5 Å². The summed E-state index contributed by atoms with van der Waals surface area (Å²) in [4.78, 5) is 35.8. The summed E-state index contributed by atoms with van der Waals surface area (Å²) in [5, 5.41) is 34.6. The first-order valence-corrected chi connectivity index (χ1v) is 15.7. The lowest BCUT2D eigenvalue weighted by Crippen LogP contribution is -2.36. The largest absolute Gasteiger partial charge is 0.372 e. The Kier molecular flexibility index (Phi) is 10.3. The Balaban J connectivity index is 1.13. The van der Waals surface area contributed by atoms with Gasteiger partial charge in [-0.15, -0.1) is 5.10 Å². The van der Waals surface area contributed by atoms with Gasteiger partial charge in [0.15, 0.2) is 16.8 Å². The summed E-state index contributed by atoms with van der Waals surface area (Å²) in [7, 11) is 0. The Labute approximate surface area is 274 Å². The second-order valence-electron chi connectivity index (χ2n) is 11.5. The molecule has 2 fully saturated rings. The van der Waals surface area contributed by atoms with Crippen LogP contribution in [0.15, 0.2) is 48.5 Å². The van der Waals surface area contributed by atoms with Gasteiger partial charge in [0.05, 0.1) is 31.3 Å². The zero-order valence-corrected chi connectivity index (χ0v) is 26.3. The molecule has 2 aromatic carbocycles. The second-order valence-corrected chi connectivity index (χ2v) is 11.9. The Morgan fingerprint density at radius 2 is 1.87 bits per heavy atom. The van der Waals surface area contributed by atoms with Crippen LogP contribution < -0.4 is 5.32 Å². The van der Waals surface area contributed by atoms with E-state index < -0.39 is 24.2 Å². The molecule has 15 nitrogen and oxygen atoms in total. The molecule has 4 heterocycles. The van der Waals surface area contributed by atoms with Gasteiger partial charge in [-0.3, -0.25) is 20.0 Å². The normalized spacial score (nSPS) is 20.5. The molecule has 4 N–H and O–H groups in total. The third-order valence-electron chi connectivity index (χ3n) is 8.38. The monoisotopic (exact) mass is 666 g/mol. The molecule has 0 radical (unpaired) electrons.